The number of allylic oxidation sites excluding steroid dienone is 4. The number of nitrogens with zero attached hydrogens (tertiary/aromatic N) is 1. The molecule has 1 unspecified atom stereocenters. The molecule has 0 radical (unpaired) electrons. The lowest BCUT2D eigenvalue weighted by atomic mass is 10.1. The molecule has 0 spiro atoms. The fraction of sp³-hybridized carbons (Fsp3) is 0.907. The molecule has 5 heteroatoms. The van der Waals surface area contributed by atoms with Crippen LogP contribution in [0.2, 0.25) is 0 Å². The van der Waals surface area contributed by atoms with Gasteiger partial charge in [0, 0.05) is 32.8 Å². The lowest BCUT2D eigenvalue weighted by molar-refractivity contribution is 0.0278. The van der Waals surface area contributed by atoms with E-state index in [2.05, 4.69) is 43.1 Å². The molecular formula is C43H85NO4. The van der Waals surface area contributed by atoms with E-state index in [1.54, 1.807) is 0 Å². The minimum atomic E-state index is -0.711. The highest BCUT2D eigenvalue weighted by molar-refractivity contribution is 4.82. The van der Waals surface area contributed by atoms with Crippen LogP contribution in [0.3, 0.4) is 0 Å². The third-order valence-corrected chi connectivity index (χ3v) is 9.38. The van der Waals surface area contributed by atoms with Crippen LogP contribution in [0.15, 0.2) is 24.3 Å². The van der Waals surface area contributed by atoms with Gasteiger partial charge in [0.15, 0.2) is 0 Å². The Morgan fingerprint density at radius 3 is 1.08 bits per heavy atom. The Hall–Kier alpha value is -0.720. The van der Waals surface area contributed by atoms with Crippen molar-refractivity contribution in [3.63, 3.8) is 0 Å². The van der Waals surface area contributed by atoms with Gasteiger partial charge < -0.3 is 19.7 Å². The summed E-state index contributed by atoms with van der Waals surface area (Å²) in [6.45, 7) is 9.30. The van der Waals surface area contributed by atoms with E-state index in [0.29, 0.717) is 19.8 Å². The fourth-order valence-corrected chi connectivity index (χ4v) is 6.14. The highest BCUT2D eigenvalue weighted by Crippen LogP contribution is 2.12. The van der Waals surface area contributed by atoms with Gasteiger partial charge in [-0.15, -0.1) is 0 Å². The predicted octanol–water partition coefficient (Wildman–Crippen LogP) is 11.7. The van der Waals surface area contributed by atoms with Crippen molar-refractivity contribution in [2.75, 3.05) is 52.7 Å². The molecule has 0 saturated carbocycles. The van der Waals surface area contributed by atoms with Gasteiger partial charge in [0.1, 0.15) is 0 Å². The van der Waals surface area contributed by atoms with Crippen LogP contribution in [-0.2, 0) is 9.47 Å². The van der Waals surface area contributed by atoms with Crippen molar-refractivity contribution >= 4 is 0 Å². The molecule has 0 rings (SSSR count). The van der Waals surface area contributed by atoms with Crippen molar-refractivity contribution in [1.29, 1.82) is 0 Å². The summed E-state index contributed by atoms with van der Waals surface area (Å²) >= 11 is 0. The summed E-state index contributed by atoms with van der Waals surface area (Å²) in [6.07, 6.45) is 45.8. The van der Waals surface area contributed by atoms with Gasteiger partial charge in [-0.25, -0.2) is 0 Å². The summed E-state index contributed by atoms with van der Waals surface area (Å²) in [5.41, 5.74) is 0. The summed E-state index contributed by atoms with van der Waals surface area (Å²) in [7, 11) is 0. The number of hydrogen-bond donors (Lipinski definition) is 2. The van der Waals surface area contributed by atoms with Gasteiger partial charge in [-0.05, 0) is 64.2 Å². The van der Waals surface area contributed by atoms with E-state index in [1.165, 1.54) is 167 Å². The van der Waals surface area contributed by atoms with Crippen LogP contribution >= 0.6 is 0 Å². The normalized spacial score (nSPS) is 12.8. The summed E-state index contributed by atoms with van der Waals surface area (Å²) in [5.74, 6) is 0. The highest BCUT2D eigenvalue weighted by Gasteiger charge is 2.11. The van der Waals surface area contributed by atoms with E-state index >= 15 is 0 Å². The quantitative estimate of drug-likeness (QED) is 0.0497. The first kappa shape index (κ1) is 47.3. The van der Waals surface area contributed by atoms with Crippen molar-refractivity contribution in [3.8, 4) is 0 Å². The molecule has 0 heterocycles. The smallest absolute Gasteiger partial charge is 0.0897 e. The summed E-state index contributed by atoms with van der Waals surface area (Å²) < 4.78 is 11.8. The van der Waals surface area contributed by atoms with Crippen LogP contribution in [0, 0.1) is 0 Å². The van der Waals surface area contributed by atoms with Gasteiger partial charge in [0.05, 0.1) is 25.9 Å². The zero-order valence-corrected chi connectivity index (χ0v) is 32.5. The van der Waals surface area contributed by atoms with Crippen molar-refractivity contribution in [3.05, 3.63) is 24.3 Å². The van der Waals surface area contributed by atoms with E-state index < -0.39 is 6.10 Å². The Morgan fingerprint density at radius 1 is 0.438 bits per heavy atom. The van der Waals surface area contributed by atoms with Crippen LogP contribution in [-0.4, -0.2) is 73.9 Å². The third kappa shape index (κ3) is 39.7. The lowest BCUT2D eigenvalue weighted by Gasteiger charge is -2.24. The van der Waals surface area contributed by atoms with E-state index in [-0.39, 0.29) is 6.61 Å². The maximum Gasteiger partial charge on any atom is 0.0897 e. The second-order valence-electron chi connectivity index (χ2n) is 14.2. The molecule has 0 fully saturated rings. The average molecular weight is 680 g/mol. The van der Waals surface area contributed by atoms with Crippen molar-refractivity contribution in [1.82, 2.24) is 4.90 Å². The topological polar surface area (TPSA) is 62.2 Å². The van der Waals surface area contributed by atoms with Gasteiger partial charge in [0.2, 0.25) is 0 Å². The highest BCUT2D eigenvalue weighted by atomic mass is 16.5. The van der Waals surface area contributed by atoms with Crippen LogP contribution < -0.4 is 0 Å². The molecule has 0 aliphatic heterocycles. The molecule has 0 aliphatic carbocycles. The van der Waals surface area contributed by atoms with Crippen molar-refractivity contribution in [2.24, 2.45) is 0 Å². The number of rotatable bonds is 41. The summed E-state index contributed by atoms with van der Waals surface area (Å²) in [5, 5.41) is 19.3. The first-order chi connectivity index (χ1) is 23.7. The SMILES string of the molecule is CCCCCCCCC=CCCCCCCCCOCCN(CCOCCCCCCCCC=CCCCCCCCC)CC(O)CO. The maximum absolute atomic E-state index is 9.97. The molecule has 2 N–H and O–H groups in total. The Kier molecular flexibility index (Phi) is 41.8. The molecule has 1 atom stereocenters. The third-order valence-electron chi connectivity index (χ3n) is 9.38. The first-order valence-electron chi connectivity index (χ1n) is 21.2. The van der Waals surface area contributed by atoms with E-state index in [9.17, 15) is 10.2 Å². The molecule has 0 saturated heterocycles. The van der Waals surface area contributed by atoms with Gasteiger partial charge in [-0.3, -0.25) is 4.90 Å². The molecule has 0 aromatic rings. The number of aliphatic hydroxyl groups excluding tert-OH is 2. The first-order valence-corrected chi connectivity index (χ1v) is 21.2. The largest absolute Gasteiger partial charge is 0.394 e. The molecule has 286 valence electrons. The minimum Gasteiger partial charge on any atom is -0.394 e. The second-order valence-corrected chi connectivity index (χ2v) is 14.2. The Labute approximate surface area is 300 Å². The lowest BCUT2D eigenvalue weighted by Crippen LogP contribution is -2.38. The number of hydrogen-bond acceptors (Lipinski definition) is 5. The van der Waals surface area contributed by atoms with Crippen molar-refractivity contribution < 1.29 is 19.7 Å². The van der Waals surface area contributed by atoms with Gasteiger partial charge in [-0.1, -0.05) is 154 Å². The maximum atomic E-state index is 9.97. The molecule has 5 nitrogen and oxygen atoms in total. The van der Waals surface area contributed by atoms with Gasteiger partial charge in [-0.2, -0.15) is 0 Å². The van der Waals surface area contributed by atoms with E-state index in [1.807, 2.05) is 0 Å². The average Bonchev–Trinajstić information content (AvgIpc) is 3.09. The minimum absolute atomic E-state index is 0.205. The van der Waals surface area contributed by atoms with Crippen LogP contribution in [0.25, 0.3) is 0 Å². The fourth-order valence-electron chi connectivity index (χ4n) is 6.14. The van der Waals surface area contributed by atoms with Crippen LogP contribution in [0.5, 0.6) is 0 Å². The van der Waals surface area contributed by atoms with Gasteiger partial charge in [0.25, 0.3) is 0 Å². The molecule has 0 amide bonds. The monoisotopic (exact) mass is 680 g/mol. The number of ether oxygens (including phenoxy) is 2. The Bertz CT molecular complexity index is 592. The number of unbranched alkanes of at least 4 members (excludes halogenated alkanes) is 24. The number of aliphatic hydroxyl groups is 2. The zero-order chi connectivity index (χ0) is 34.9. The van der Waals surface area contributed by atoms with Gasteiger partial charge >= 0.3 is 0 Å². The van der Waals surface area contributed by atoms with E-state index in [4.69, 9.17) is 9.47 Å². The second kappa shape index (κ2) is 42.4. The Morgan fingerprint density at radius 2 is 0.750 bits per heavy atom. The summed E-state index contributed by atoms with van der Waals surface area (Å²) in [6, 6.07) is 0. The zero-order valence-electron chi connectivity index (χ0n) is 32.5. The standard InChI is InChI=1S/C43H85NO4/c1-3-5-7-9-11-13-15-17-19-21-23-25-27-29-31-33-37-47-39-35-44(41-43(46)42-45)36-40-48-38-34-32-30-28-26-24-22-20-18-16-14-12-10-8-6-4-2/h17-20,43,45-46H,3-16,21-42H2,1-2H3. The molecule has 0 aliphatic rings. The van der Waals surface area contributed by atoms with Crippen LogP contribution in [0.4, 0.5) is 0 Å². The van der Waals surface area contributed by atoms with Crippen LogP contribution in [0.1, 0.15) is 194 Å². The predicted molar refractivity (Wildman–Crippen MR) is 210 cm³/mol. The Balaban J connectivity index is 3.58. The molecule has 48 heavy (non-hydrogen) atoms. The van der Waals surface area contributed by atoms with E-state index in [0.717, 1.165) is 39.1 Å². The molecule has 0 aromatic heterocycles. The molecule has 0 bridgehead atoms. The summed E-state index contributed by atoms with van der Waals surface area (Å²) in [4.78, 5) is 2.16. The van der Waals surface area contributed by atoms with Crippen molar-refractivity contribution in [2.45, 2.75) is 200 Å². The molecule has 0 aromatic carbocycles. The molecular weight excluding hydrogens is 594 g/mol.